The van der Waals surface area contributed by atoms with Gasteiger partial charge in [0.2, 0.25) is 0 Å². The molecule has 0 aliphatic heterocycles. The number of halogens is 1. The zero-order valence-corrected chi connectivity index (χ0v) is 15.9. The van der Waals surface area contributed by atoms with Gasteiger partial charge in [0.1, 0.15) is 5.78 Å². The lowest BCUT2D eigenvalue weighted by Gasteiger charge is -2.56. The lowest BCUT2D eigenvalue weighted by Crippen LogP contribution is -2.51. The molecule has 134 valence electrons. The van der Waals surface area contributed by atoms with Crippen molar-refractivity contribution in [2.24, 2.45) is 40.4 Å². The zero-order chi connectivity index (χ0) is 17.6. The van der Waals surface area contributed by atoms with E-state index in [-0.39, 0.29) is 22.5 Å². The van der Waals surface area contributed by atoms with Crippen molar-refractivity contribution in [3.8, 4) is 0 Å². The molecule has 0 aromatic carbocycles. The molecule has 0 aromatic heterocycles. The Morgan fingerprint density at radius 3 is 2.80 bits per heavy atom. The first-order valence-corrected chi connectivity index (χ1v) is 10.4. The van der Waals surface area contributed by atoms with Gasteiger partial charge >= 0.3 is 0 Å². The third-order valence-corrected chi connectivity index (χ3v) is 9.17. The smallest absolute Gasteiger partial charge is 0.156 e. The van der Waals surface area contributed by atoms with Gasteiger partial charge in [0.15, 0.2) is 5.78 Å². The number of allylic oxidation sites excluding steroid dienone is 4. The van der Waals surface area contributed by atoms with E-state index in [2.05, 4.69) is 13.0 Å². The fraction of sp³-hybridized carbons (Fsp3) is 0.727. The van der Waals surface area contributed by atoms with Crippen LogP contribution < -0.4 is 0 Å². The standard InChI is InChI=1S/C22H27ClO2/c1-12(24)16-3-4-17-15-10-19(23)18-9-14(25)6-8-22(18)7-5-13(20(15)22)11-21(16,17)2/h9-10,13,15-17,20H,3-8,11H2,1-2H3. The van der Waals surface area contributed by atoms with Gasteiger partial charge in [-0.15, -0.1) is 0 Å². The normalized spacial score (nSPS) is 50.5. The quantitative estimate of drug-likeness (QED) is 0.656. The van der Waals surface area contributed by atoms with Crippen LogP contribution in [0.3, 0.4) is 0 Å². The number of ketones is 2. The maximum absolute atomic E-state index is 12.3. The summed E-state index contributed by atoms with van der Waals surface area (Å²) in [6.07, 6.45) is 11.6. The molecule has 0 saturated heterocycles. The maximum atomic E-state index is 12.3. The predicted octanol–water partition coefficient (Wildman–Crippen LogP) is 5.07. The summed E-state index contributed by atoms with van der Waals surface area (Å²) in [5, 5.41) is 0.838. The summed E-state index contributed by atoms with van der Waals surface area (Å²) in [5.41, 5.74) is 1.44. The van der Waals surface area contributed by atoms with Crippen molar-refractivity contribution in [2.45, 2.75) is 58.8 Å². The summed E-state index contributed by atoms with van der Waals surface area (Å²) in [5.74, 6) is 3.24. The van der Waals surface area contributed by atoms with Crippen LogP contribution in [0.15, 0.2) is 22.8 Å². The molecule has 3 heteroatoms. The third-order valence-electron chi connectivity index (χ3n) is 8.84. The summed E-state index contributed by atoms with van der Waals surface area (Å²) < 4.78 is 0. The Kier molecular flexibility index (Phi) is 3.32. The monoisotopic (exact) mass is 358 g/mol. The molecule has 0 aromatic rings. The molecule has 5 aliphatic carbocycles. The Morgan fingerprint density at radius 2 is 2.04 bits per heavy atom. The molecule has 0 amide bonds. The SMILES string of the molecule is CC(=O)C1CCC2C3C=C(Cl)C4=CC(=O)CCC45CCC(CC12C)C35. The number of hydrogen-bond acceptors (Lipinski definition) is 2. The van der Waals surface area contributed by atoms with Crippen molar-refractivity contribution in [1.29, 1.82) is 0 Å². The second-order valence-corrected chi connectivity index (χ2v) is 10.1. The predicted molar refractivity (Wildman–Crippen MR) is 98.0 cm³/mol. The van der Waals surface area contributed by atoms with Gasteiger partial charge in [-0.3, -0.25) is 9.59 Å². The summed E-state index contributed by atoms with van der Waals surface area (Å²) in [6.45, 7) is 4.17. The van der Waals surface area contributed by atoms with Gasteiger partial charge in [-0.25, -0.2) is 0 Å². The molecular formula is C22H27ClO2. The van der Waals surface area contributed by atoms with Crippen LogP contribution in [0.4, 0.5) is 0 Å². The first-order valence-electron chi connectivity index (χ1n) is 10.00. The first-order chi connectivity index (χ1) is 11.9. The van der Waals surface area contributed by atoms with E-state index in [1.165, 1.54) is 19.3 Å². The average molecular weight is 359 g/mol. The minimum absolute atomic E-state index is 0.141. The van der Waals surface area contributed by atoms with Crippen LogP contribution in [0.2, 0.25) is 0 Å². The van der Waals surface area contributed by atoms with Gasteiger partial charge in [0, 0.05) is 22.8 Å². The van der Waals surface area contributed by atoms with E-state index < -0.39 is 0 Å². The van der Waals surface area contributed by atoms with Crippen LogP contribution in [-0.2, 0) is 9.59 Å². The van der Waals surface area contributed by atoms with Gasteiger partial charge in [-0.1, -0.05) is 24.6 Å². The minimum atomic E-state index is 0.141. The first kappa shape index (κ1) is 16.3. The Balaban J connectivity index is 1.65. The molecule has 0 radical (unpaired) electrons. The Labute approximate surface area is 155 Å². The molecule has 1 spiro atoms. The molecule has 0 N–H and O–H groups in total. The van der Waals surface area contributed by atoms with Crippen LogP contribution in [0, 0.1) is 40.4 Å². The van der Waals surface area contributed by atoms with Crippen LogP contribution in [0.1, 0.15) is 58.8 Å². The van der Waals surface area contributed by atoms with Crippen molar-refractivity contribution in [1.82, 2.24) is 0 Å². The molecule has 0 heterocycles. The van der Waals surface area contributed by atoms with Crippen molar-refractivity contribution >= 4 is 23.2 Å². The highest BCUT2D eigenvalue weighted by Crippen LogP contribution is 2.72. The lowest BCUT2D eigenvalue weighted by atomic mass is 9.48. The number of fused-ring (bicyclic) bond motifs is 2. The molecule has 7 atom stereocenters. The largest absolute Gasteiger partial charge is 0.300 e. The highest BCUT2D eigenvalue weighted by Gasteiger charge is 2.65. The molecule has 3 saturated carbocycles. The Hall–Kier alpha value is -0.890. The summed E-state index contributed by atoms with van der Waals surface area (Å²) in [4.78, 5) is 24.4. The van der Waals surface area contributed by atoms with Crippen molar-refractivity contribution < 1.29 is 9.59 Å². The molecule has 0 bridgehead atoms. The average Bonchev–Trinajstić information content (AvgIpc) is 3.08. The Morgan fingerprint density at radius 1 is 1.24 bits per heavy atom. The third kappa shape index (κ3) is 1.93. The van der Waals surface area contributed by atoms with Crippen molar-refractivity contribution in [3.05, 3.63) is 22.8 Å². The summed E-state index contributed by atoms with van der Waals surface area (Å²) >= 11 is 6.77. The van der Waals surface area contributed by atoms with E-state index in [1.54, 1.807) is 6.92 Å². The molecule has 7 unspecified atom stereocenters. The molecular weight excluding hydrogens is 332 g/mol. The molecule has 5 rings (SSSR count). The van der Waals surface area contributed by atoms with Gasteiger partial charge in [0.25, 0.3) is 0 Å². The second-order valence-electron chi connectivity index (χ2n) is 9.65. The Bertz CT molecular complexity index is 734. The van der Waals surface area contributed by atoms with E-state index in [4.69, 9.17) is 11.6 Å². The number of Topliss-reactive ketones (excluding diaryl/α,β-unsaturated/α-hetero) is 1. The zero-order valence-electron chi connectivity index (χ0n) is 15.2. The van der Waals surface area contributed by atoms with E-state index in [0.717, 1.165) is 29.9 Å². The fourth-order valence-corrected chi connectivity index (χ4v) is 8.46. The van der Waals surface area contributed by atoms with Crippen LogP contribution in [0.5, 0.6) is 0 Å². The number of carbonyl (C=O) groups excluding carboxylic acids is 2. The molecule has 2 nitrogen and oxygen atoms in total. The van der Waals surface area contributed by atoms with E-state index >= 15 is 0 Å². The van der Waals surface area contributed by atoms with Gasteiger partial charge < -0.3 is 0 Å². The number of carbonyl (C=O) groups is 2. The molecule has 5 aliphatic rings. The summed E-state index contributed by atoms with van der Waals surface area (Å²) in [7, 11) is 0. The number of rotatable bonds is 1. The van der Waals surface area contributed by atoms with Gasteiger partial charge in [-0.2, -0.15) is 0 Å². The van der Waals surface area contributed by atoms with E-state index in [1.807, 2.05) is 6.08 Å². The van der Waals surface area contributed by atoms with Crippen molar-refractivity contribution in [3.63, 3.8) is 0 Å². The van der Waals surface area contributed by atoms with Crippen LogP contribution in [-0.4, -0.2) is 11.6 Å². The summed E-state index contributed by atoms with van der Waals surface area (Å²) in [6, 6.07) is 0. The van der Waals surface area contributed by atoms with Gasteiger partial charge in [0.05, 0.1) is 0 Å². The topological polar surface area (TPSA) is 34.1 Å². The lowest BCUT2D eigenvalue weighted by molar-refractivity contribution is -0.127. The van der Waals surface area contributed by atoms with Crippen molar-refractivity contribution in [2.75, 3.05) is 0 Å². The molecule has 3 fully saturated rings. The highest BCUT2D eigenvalue weighted by molar-refractivity contribution is 6.32. The van der Waals surface area contributed by atoms with Crippen LogP contribution >= 0.6 is 11.6 Å². The fourth-order valence-electron chi connectivity index (χ4n) is 8.07. The van der Waals surface area contributed by atoms with E-state index in [0.29, 0.717) is 35.9 Å². The number of hydrogen-bond donors (Lipinski definition) is 0. The van der Waals surface area contributed by atoms with Gasteiger partial charge in [-0.05, 0) is 86.2 Å². The second kappa shape index (κ2) is 5.09. The highest BCUT2D eigenvalue weighted by atomic mass is 35.5. The van der Waals surface area contributed by atoms with Crippen LogP contribution in [0.25, 0.3) is 0 Å². The maximum Gasteiger partial charge on any atom is 0.156 e. The molecule has 25 heavy (non-hydrogen) atoms. The minimum Gasteiger partial charge on any atom is -0.300 e. The van der Waals surface area contributed by atoms with E-state index in [9.17, 15) is 9.59 Å².